The summed E-state index contributed by atoms with van der Waals surface area (Å²) >= 11 is 0. The van der Waals surface area contributed by atoms with Crippen LogP contribution in [0.3, 0.4) is 0 Å². The highest BCUT2D eigenvalue weighted by Crippen LogP contribution is 2.27. The Kier molecular flexibility index (Phi) is 7.84. The van der Waals surface area contributed by atoms with Crippen molar-refractivity contribution in [3.63, 3.8) is 0 Å². The second-order valence-electron chi connectivity index (χ2n) is 6.90. The number of carbonyl (C=O) groups excluding carboxylic acids is 1. The Bertz CT molecular complexity index is 882. The molecule has 3 aromatic rings. The minimum atomic E-state index is -0.123. The largest absolute Gasteiger partial charge is 0.485 e. The molecule has 2 N–H and O–H groups in total. The molecule has 0 fully saturated rings. The van der Waals surface area contributed by atoms with Crippen LogP contribution in [0.15, 0.2) is 84.9 Å². The first-order chi connectivity index (χ1) is 14.3. The van der Waals surface area contributed by atoms with Crippen LogP contribution in [0.25, 0.3) is 0 Å². The molecule has 0 aliphatic heterocycles. The van der Waals surface area contributed by atoms with Gasteiger partial charge in [-0.3, -0.25) is 4.79 Å². The van der Waals surface area contributed by atoms with E-state index in [2.05, 4.69) is 34.9 Å². The average molecular weight is 389 g/mol. The highest BCUT2D eigenvalue weighted by Gasteiger charge is 2.17. The number of benzene rings is 3. The molecule has 1 unspecified atom stereocenters. The average Bonchev–Trinajstić information content (AvgIpc) is 2.78. The molecular formula is C25H28N2O2. The van der Waals surface area contributed by atoms with Crippen LogP contribution in [0.2, 0.25) is 0 Å². The van der Waals surface area contributed by atoms with E-state index in [-0.39, 0.29) is 12.0 Å². The summed E-state index contributed by atoms with van der Waals surface area (Å²) < 4.78 is 6.32. The molecule has 0 saturated carbocycles. The number of ether oxygens (including phenoxy) is 1. The lowest BCUT2D eigenvalue weighted by Gasteiger charge is -2.21. The summed E-state index contributed by atoms with van der Waals surface area (Å²) in [6.45, 7) is 1.41. The van der Waals surface area contributed by atoms with Crippen molar-refractivity contribution in [2.45, 2.75) is 18.9 Å². The SMILES string of the molecule is CNCCC(Oc1ccccc1C(=O)NCCc1ccccc1)c1ccccc1. The molecule has 3 aromatic carbocycles. The van der Waals surface area contributed by atoms with Crippen LogP contribution in [0, 0.1) is 0 Å². The van der Waals surface area contributed by atoms with E-state index in [4.69, 9.17) is 4.74 Å². The topological polar surface area (TPSA) is 50.4 Å². The van der Waals surface area contributed by atoms with Crippen LogP contribution >= 0.6 is 0 Å². The maximum Gasteiger partial charge on any atom is 0.255 e. The molecule has 0 radical (unpaired) electrons. The zero-order valence-corrected chi connectivity index (χ0v) is 16.8. The van der Waals surface area contributed by atoms with Gasteiger partial charge in [-0.25, -0.2) is 0 Å². The Balaban J connectivity index is 1.68. The standard InChI is InChI=1S/C25H28N2O2/c1-26-18-17-23(21-12-6-3-7-13-21)29-24-15-9-8-14-22(24)25(28)27-19-16-20-10-4-2-5-11-20/h2-15,23,26H,16-19H2,1H3,(H,27,28). The summed E-state index contributed by atoms with van der Waals surface area (Å²) in [5, 5.41) is 6.19. The van der Waals surface area contributed by atoms with Crippen molar-refractivity contribution < 1.29 is 9.53 Å². The molecule has 0 bridgehead atoms. The van der Waals surface area contributed by atoms with Gasteiger partial charge in [0.1, 0.15) is 11.9 Å². The van der Waals surface area contributed by atoms with Crippen LogP contribution in [0.1, 0.15) is 34.0 Å². The third-order valence-electron chi connectivity index (χ3n) is 4.77. The third kappa shape index (κ3) is 6.19. The zero-order valence-electron chi connectivity index (χ0n) is 16.8. The maximum atomic E-state index is 12.8. The van der Waals surface area contributed by atoms with E-state index in [9.17, 15) is 4.79 Å². The summed E-state index contributed by atoms with van der Waals surface area (Å²) in [5.41, 5.74) is 2.86. The number of amides is 1. The first-order valence-electron chi connectivity index (χ1n) is 10.1. The lowest BCUT2D eigenvalue weighted by Crippen LogP contribution is -2.26. The van der Waals surface area contributed by atoms with E-state index in [0.29, 0.717) is 17.9 Å². The van der Waals surface area contributed by atoms with Crippen LogP contribution in [0.5, 0.6) is 5.75 Å². The fourth-order valence-corrected chi connectivity index (χ4v) is 3.21. The monoisotopic (exact) mass is 388 g/mol. The molecule has 150 valence electrons. The van der Waals surface area contributed by atoms with Gasteiger partial charge in [-0.1, -0.05) is 72.8 Å². The van der Waals surface area contributed by atoms with Crippen LogP contribution < -0.4 is 15.4 Å². The Morgan fingerprint density at radius 1 is 0.862 bits per heavy atom. The highest BCUT2D eigenvalue weighted by molar-refractivity contribution is 5.96. The number of hydrogen-bond donors (Lipinski definition) is 2. The van der Waals surface area contributed by atoms with E-state index in [1.54, 1.807) is 0 Å². The van der Waals surface area contributed by atoms with Gasteiger partial charge in [0.05, 0.1) is 5.56 Å². The van der Waals surface area contributed by atoms with Gasteiger partial charge in [-0.05, 0) is 43.3 Å². The lowest BCUT2D eigenvalue weighted by molar-refractivity contribution is 0.0945. The molecule has 4 heteroatoms. The van der Waals surface area contributed by atoms with Gasteiger partial charge < -0.3 is 15.4 Å². The predicted octanol–water partition coefficient (Wildman–Crippen LogP) is 4.39. The molecule has 1 amide bonds. The number of nitrogens with one attached hydrogen (secondary N) is 2. The maximum absolute atomic E-state index is 12.8. The summed E-state index contributed by atoms with van der Waals surface area (Å²) in [4.78, 5) is 12.8. The van der Waals surface area contributed by atoms with Crippen molar-refractivity contribution in [2.24, 2.45) is 0 Å². The predicted molar refractivity (Wildman–Crippen MR) is 117 cm³/mol. The van der Waals surface area contributed by atoms with Crippen molar-refractivity contribution in [3.05, 3.63) is 102 Å². The molecule has 1 atom stereocenters. The van der Waals surface area contributed by atoms with Crippen LogP contribution in [0.4, 0.5) is 0 Å². The molecular weight excluding hydrogens is 360 g/mol. The normalized spacial score (nSPS) is 11.6. The fraction of sp³-hybridized carbons (Fsp3) is 0.240. The minimum absolute atomic E-state index is 0.114. The highest BCUT2D eigenvalue weighted by atomic mass is 16.5. The molecule has 0 saturated heterocycles. The van der Waals surface area contributed by atoms with Crippen LogP contribution in [-0.4, -0.2) is 26.0 Å². The number of rotatable bonds is 10. The Labute approximate surface area is 172 Å². The van der Waals surface area contributed by atoms with E-state index in [0.717, 1.165) is 24.9 Å². The fourth-order valence-electron chi connectivity index (χ4n) is 3.21. The summed E-state index contributed by atoms with van der Waals surface area (Å²) in [5.74, 6) is 0.492. The van der Waals surface area contributed by atoms with Gasteiger partial charge in [-0.15, -0.1) is 0 Å². The number of para-hydroxylation sites is 1. The van der Waals surface area contributed by atoms with E-state index < -0.39 is 0 Å². The quantitative estimate of drug-likeness (QED) is 0.542. The third-order valence-corrected chi connectivity index (χ3v) is 4.77. The van der Waals surface area contributed by atoms with Gasteiger partial charge in [0.15, 0.2) is 0 Å². The zero-order chi connectivity index (χ0) is 20.3. The summed E-state index contributed by atoms with van der Waals surface area (Å²) in [6, 6.07) is 27.7. The van der Waals surface area contributed by atoms with Crippen molar-refractivity contribution in [1.29, 1.82) is 0 Å². The minimum Gasteiger partial charge on any atom is -0.485 e. The second-order valence-corrected chi connectivity index (χ2v) is 6.90. The van der Waals surface area contributed by atoms with Gasteiger partial charge in [0, 0.05) is 13.0 Å². The molecule has 0 spiro atoms. The van der Waals surface area contributed by atoms with Crippen molar-refractivity contribution >= 4 is 5.91 Å². The molecule has 0 heterocycles. The molecule has 4 nitrogen and oxygen atoms in total. The first-order valence-corrected chi connectivity index (χ1v) is 10.1. The van der Waals surface area contributed by atoms with Crippen molar-refractivity contribution in [3.8, 4) is 5.75 Å². The van der Waals surface area contributed by atoms with E-state index >= 15 is 0 Å². The van der Waals surface area contributed by atoms with Crippen molar-refractivity contribution in [1.82, 2.24) is 10.6 Å². The summed E-state index contributed by atoms with van der Waals surface area (Å²) in [7, 11) is 1.93. The second kappa shape index (κ2) is 11.0. The lowest BCUT2D eigenvalue weighted by atomic mass is 10.1. The van der Waals surface area contributed by atoms with Gasteiger partial charge in [0.2, 0.25) is 0 Å². The number of carbonyl (C=O) groups is 1. The molecule has 0 aromatic heterocycles. The molecule has 3 rings (SSSR count). The summed E-state index contributed by atoms with van der Waals surface area (Å²) in [6.07, 6.45) is 1.48. The first kappa shape index (κ1) is 20.6. The Hall–Kier alpha value is -3.11. The van der Waals surface area contributed by atoms with Gasteiger partial charge in [-0.2, -0.15) is 0 Å². The van der Waals surface area contributed by atoms with Gasteiger partial charge in [0.25, 0.3) is 5.91 Å². The number of hydrogen-bond acceptors (Lipinski definition) is 3. The van der Waals surface area contributed by atoms with Crippen molar-refractivity contribution in [2.75, 3.05) is 20.1 Å². The molecule has 29 heavy (non-hydrogen) atoms. The Morgan fingerprint density at radius 2 is 1.52 bits per heavy atom. The molecule has 0 aliphatic rings. The Morgan fingerprint density at radius 3 is 2.24 bits per heavy atom. The van der Waals surface area contributed by atoms with Crippen LogP contribution in [-0.2, 0) is 6.42 Å². The van der Waals surface area contributed by atoms with E-state index in [1.807, 2.05) is 67.7 Å². The molecule has 0 aliphatic carbocycles. The smallest absolute Gasteiger partial charge is 0.255 e. The van der Waals surface area contributed by atoms with Gasteiger partial charge >= 0.3 is 0 Å². The van der Waals surface area contributed by atoms with E-state index in [1.165, 1.54) is 5.56 Å².